The Labute approximate surface area is 127 Å². The van der Waals surface area contributed by atoms with Gasteiger partial charge >= 0.3 is 10.1 Å². The zero-order valence-corrected chi connectivity index (χ0v) is 12.6. The highest BCUT2D eigenvalue weighted by atomic mass is 32.3. The molecule has 0 saturated heterocycles. The summed E-state index contributed by atoms with van der Waals surface area (Å²) in [5.41, 5.74) is 1.66. The molecule has 5 heteroatoms. The molecule has 3 aromatic rings. The van der Waals surface area contributed by atoms with Crippen LogP contribution in [0.15, 0.2) is 76.3 Å². The Balaban J connectivity index is 2.01. The summed E-state index contributed by atoms with van der Waals surface area (Å²) in [4.78, 5) is 0. The molecule has 2 aromatic carbocycles. The monoisotopic (exact) mass is 316 g/mol. The van der Waals surface area contributed by atoms with Crippen LogP contribution in [0.4, 0.5) is 0 Å². The van der Waals surface area contributed by atoms with Gasteiger partial charge in [0.1, 0.15) is 0 Å². The topological polar surface area (TPSA) is 43.4 Å². The van der Waals surface area contributed by atoms with Crippen molar-refractivity contribution >= 4 is 21.5 Å². The summed E-state index contributed by atoms with van der Waals surface area (Å²) in [6, 6.07) is 19.9. The van der Waals surface area contributed by atoms with Crippen LogP contribution in [-0.4, -0.2) is 8.42 Å². The van der Waals surface area contributed by atoms with Crippen LogP contribution in [0, 0.1) is 0 Å². The Bertz CT molecular complexity index is 823. The van der Waals surface area contributed by atoms with Gasteiger partial charge in [0.2, 0.25) is 0 Å². The first-order valence-electron chi connectivity index (χ1n) is 6.29. The van der Waals surface area contributed by atoms with Gasteiger partial charge < -0.3 is 4.18 Å². The lowest BCUT2D eigenvalue weighted by Crippen LogP contribution is -2.08. The molecule has 106 valence electrons. The van der Waals surface area contributed by atoms with E-state index in [0.717, 1.165) is 22.5 Å². The third-order valence-electron chi connectivity index (χ3n) is 2.91. The minimum Gasteiger partial charge on any atom is -0.378 e. The molecular weight excluding hydrogens is 304 g/mol. The van der Waals surface area contributed by atoms with Gasteiger partial charge in [-0.1, -0.05) is 54.6 Å². The molecule has 0 spiro atoms. The fourth-order valence-corrected chi connectivity index (χ4v) is 3.86. The van der Waals surface area contributed by atoms with E-state index in [1.807, 2.05) is 42.5 Å². The molecule has 0 saturated carbocycles. The van der Waals surface area contributed by atoms with Crippen molar-refractivity contribution in [1.29, 1.82) is 0 Å². The quantitative estimate of drug-likeness (QED) is 0.678. The summed E-state index contributed by atoms with van der Waals surface area (Å²) in [6.07, 6.45) is 0. The molecule has 3 nitrogen and oxygen atoms in total. The summed E-state index contributed by atoms with van der Waals surface area (Å²) in [5.74, 6) is 0.331. The molecule has 0 unspecified atom stereocenters. The molecular formula is C16H12O3S2. The van der Waals surface area contributed by atoms with Gasteiger partial charge in [0.15, 0.2) is 9.96 Å². The second-order valence-electron chi connectivity index (χ2n) is 4.33. The number of hydrogen-bond acceptors (Lipinski definition) is 4. The maximum atomic E-state index is 12.2. The molecule has 0 aliphatic heterocycles. The highest BCUT2D eigenvalue weighted by Gasteiger charge is 2.19. The first-order valence-corrected chi connectivity index (χ1v) is 8.58. The van der Waals surface area contributed by atoms with E-state index in [4.69, 9.17) is 4.18 Å². The lowest BCUT2D eigenvalue weighted by Gasteiger charge is -2.10. The second kappa shape index (κ2) is 5.71. The molecule has 0 aliphatic carbocycles. The zero-order chi connectivity index (χ0) is 14.7. The fourth-order valence-electron chi connectivity index (χ4n) is 1.96. The van der Waals surface area contributed by atoms with Crippen LogP contribution in [0.25, 0.3) is 11.1 Å². The predicted octanol–water partition coefficient (Wildman–Crippen LogP) is 4.18. The number of benzene rings is 2. The summed E-state index contributed by atoms with van der Waals surface area (Å²) >= 11 is 1.14. The third-order valence-corrected chi connectivity index (χ3v) is 5.50. The van der Waals surface area contributed by atoms with Gasteiger partial charge in [-0.3, -0.25) is 0 Å². The van der Waals surface area contributed by atoms with Crippen LogP contribution in [0.2, 0.25) is 0 Å². The third kappa shape index (κ3) is 2.99. The molecule has 0 aliphatic rings. The molecule has 0 atom stereocenters. The summed E-state index contributed by atoms with van der Waals surface area (Å²) < 4.78 is 30.0. The zero-order valence-electron chi connectivity index (χ0n) is 11.0. The van der Waals surface area contributed by atoms with E-state index in [2.05, 4.69) is 0 Å². The molecule has 0 amide bonds. The van der Waals surface area contributed by atoms with Gasteiger partial charge in [0, 0.05) is 5.56 Å². The largest absolute Gasteiger partial charge is 0.378 e. The van der Waals surface area contributed by atoms with E-state index >= 15 is 0 Å². The van der Waals surface area contributed by atoms with Gasteiger partial charge in [-0.2, -0.15) is 8.42 Å². The average molecular weight is 316 g/mol. The second-order valence-corrected chi connectivity index (χ2v) is 7.05. The SMILES string of the molecule is O=S(=O)(Oc1ccccc1-c1ccccc1)c1cccs1. The minimum absolute atomic E-state index is 0.199. The number of hydrogen-bond donors (Lipinski definition) is 0. The smallest absolute Gasteiger partial charge is 0.348 e. The highest BCUT2D eigenvalue weighted by molar-refractivity contribution is 7.89. The van der Waals surface area contributed by atoms with E-state index in [-0.39, 0.29) is 4.21 Å². The maximum Gasteiger partial charge on any atom is 0.348 e. The van der Waals surface area contributed by atoms with Crippen LogP contribution in [-0.2, 0) is 10.1 Å². The first kappa shape index (κ1) is 13.9. The first-order chi connectivity index (χ1) is 10.2. The molecule has 0 fully saturated rings. The number of thiophene rings is 1. The molecule has 0 bridgehead atoms. The molecule has 3 rings (SSSR count). The van der Waals surface area contributed by atoms with Crippen molar-refractivity contribution in [3.63, 3.8) is 0 Å². The molecule has 1 heterocycles. The van der Waals surface area contributed by atoms with E-state index < -0.39 is 10.1 Å². The number of rotatable bonds is 4. The van der Waals surface area contributed by atoms with E-state index in [9.17, 15) is 8.42 Å². The Morgan fingerprint density at radius 3 is 2.24 bits per heavy atom. The van der Waals surface area contributed by atoms with Crippen molar-refractivity contribution in [3.05, 3.63) is 72.1 Å². The molecule has 1 aromatic heterocycles. The summed E-state index contributed by atoms with van der Waals surface area (Å²) in [5, 5.41) is 1.71. The van der Waals surface area contributed by atoms with Crippen molar-refractivity contribution in [2.45, 2.75) is 4.21 Å². The van der Waals surface area contributed by atoms with Crippen LogP contribution < -0.4 is 4.18 Å². The summed E-state index contributed by atoms with van der Waals surface area (Å²) in [6.45, 7) is 0. The van der Waals surface area contributed by atoms with Crippen LogP contribution in [0.1, 0.15) is 0 Å². The van der Waals surface area contributed by atoms with Crippen LogP contribution in [0.5, 0.6) is 5.75 Å². The maximum absolute atomic E-state index is 12.2. The standard InChI is InChI=1S/C16H12O3S2/c17-21(18,16-11-6-12-20-16)19-15-10-5-4-9-14(15)13-7-2-1-3-8-13/h1-12H. The molecule has 21 heavy (non-hydrogen) atoms. The predicted molar refractivity (Wildman–Crippen MR) is 84.0 cm³/mol. The van der Waals surface area contributed by atoms with Gasteiger partial charge in [-0.05, 0) is 23.1 Å². The van der Waals surface area contributed by atoms with Crippen molar-refractivity contribution in [2.75, 3.05) is 0 Å². The van der Waals surface area contributed by atoms with E-state index in [1.54, 1.807) is 23.6 Å². The highest BCUT2D eigenvalue weighted by Crippen LogP contribution is 2.32. The van der Waals surface area contributed by atoms with Gasteiger partial charge in [-0.15, -0.1) is 11.3 Å². The number of para-hydroxylation sites is 1. The lowest BCUT2D eigenvalue weighted by molar-refractivity contribution is 0.489. The van der Waals surface area contributed by atoms with E-state index in [1.165, 1.54) is 6.07 Å². The van der Waals surface area contributed by atoms with Crippen LogP contribution in [0.3, 0.4) is 0 Å². The fraction of sp³-hybridized carbons (Fsp3) is 0. The Hall–Kier alpha value is -2.11. The normalized spacial score (nSPS) is 11.2. The average Bonchev–Trinajstić information content (AvgIpc) is 3.03. The van der Waals surface area contributed by atoms with Gasteiger partial charge in [0.05, 0.1) is 0 Å². The lowest BCUT2D eigenvalue weighted by atomic mass is 10.1. The van der Waals surface area contributed by atoms with Gasteiger partial charge in [0.25, 0.3) is 0 Å². The molecule has 0 radical (unpaired) electrons. The van der Waals surface area contributed by atoms with E-state index in [0.29, 0.717) is 5.75 Å². The Morgan fingerprint density at radius 1 is 0.810 bits per heavy atom. The Kier molecular flexibility index (Phi) is 3.77. The van der Waals surface area contributed by atoms with Crippen molar-refractivity contribution in [1.82, 2.24) is 0 Å². The van der Waals surface area contributed by atoms with Crippen molar-refractivity contribution in [2.24, 2.45) is 0 Å². The Morgan fingerprint density at radius 2 is 1.52 bits per heavy atom. The van der Waals surface area contributed by atoms with Crippen LogP contribution >= 0.6 is 11.3 Å². The summed E-state index contributed by atoms with van der Waals surface area (Å²) in [7, 11) is -3.78. The van der Waals surface area contributed by atoms with Crippen molar-refractivity contribution in [3.8, 4) is 16.9 Å². The van der Waals surface area contributed by atoms with Gasteiger partial charge in [-0.25, -0.2) is 0 Å². The minimum atomic E-state index is -3.78. The molecule has 0 N–H and O–H groups in total. The van der Waals surface area contributed by atoms with Crippen molar-refractivity contribution < 1.29 is 12.6 Å².